The predicted octanol–water partition coefficient (Wildman–Crippen LogP) is -1.11. The second-order valence-corrected chi connectivity index (χ2v) is 0.979. The van der Waals surface area contributed by atoms with E-state index >= 15 is 0 Å². The van der Waals surface area contributed by atoms with Crippen molar-refractivity contribution < 1.29 is 9.90 Å². The highest BCUT2D eigenvalue weighted by atomic mass is 32.1. The maximum atomic E-state index is 8.36. The second-order valence-electron chi connectivity index (χ2n) is 0.508. The van der Waals surface area contributed by atoms with E-state index in [-0.39, 0.29) is 11.6 Å². The number of carboxylic acid groups (broad SMARTS) is 1. The van der Waals surface area contributed by atoms with Crippen molar-refractivity contribution in [2.24, 2.45) is 11.5 Å². The first-order valence-corrected chi connectivity index (χ1v) is 1.68. The SMILES string of the molecule is NC(N)=S.O=CO. The van der Waals surface area contributed by atoms with Gasteiger partial charge in [-0.1, -0.05) is 0 Å². The summed E-state index contributed by atoms with van der Waals surface area (Å²) < 4.78 is 0. The van der Waals surface area contributed by atoms with Gasteiger partial charge < -0.3 is 16.6 Å². The highest BCUT2D eigenvalue weighted by Gasteiger charge is 1.53. The summed E-state index contributed by atoms with van der Waals surface area (Å²) in [6.07, 6.45) is 0. The van der Waals surface area contributed by atoms with Gasteiger partial charge in [0, 0.05) is 0 Å². The largest absolute Gasteiger partial charge is 0.483 e. The van der Waals surface area contributed by atoms with E-state index in [1.165, 1.54) is 0 Å². The molecule has 7 heavy (non-hydrogen) atoms. The van der Waals surface area contributed by atoms with E-state index in [1.807, 2.05) is 0 Å². The quantitative estimate of drug-likeness (QED) is 0.280. The van der Waals surface area contributed by atoms with Crippen LogP contribution in [-0.4, -0.2) is 16.7 Å². The molecule has 0 aliphatic carbocycles. The van der Waals surface area contributed by atoms with Crippen LogP contribution in [0.5, 0.6) is 0 Å². The van der Waals surface area contributed by atoms with Crippen LogP contribution in [0.1, 0.15) is 0 Å². The van der Waals surface area contributed by atoms with Crippen LogP contribution >= 0.6 is 12.2 Å². The Labute approximate surface area is 46.1 Å². The molecule has 0 rings (SSSR count). The van der Waals surface area contributed by atoms with Crippen molar-refractivity contribution in [2.75, 3.05) is 0 Å². The predicted molar refractivity (Wildman–Crippen MR) is 29.7 cm³/mol. The molecule has 4 nitrogen and oxygen atoms in total. The van der Waals surface area contributed by atoms with Crippen molar-refractivity contribution in [1.82, 2.24) is 0 Å². The first kappa shape index (κ1) is 9.48. The number of thiocarbonyl (C=S) groups is 1. The Morgan fingerprint density at radius 2 is 1.71 bits per heavy atom. The zero-order chi connectivity index (χ0) is 6.28. The van der Waals surface area contributed by atoms with Gasteiger partial charge in [0.1, 0.15) is 0 Å². The number of hydrogen-bond donors (Lipinski definition) is 3. The summed E-state index contributed by atoms with van der Waals surface area (Å²) in [6.45, 7) is -0.250. The van der Waals surface area contributed by atoms with E-state index in [9.17, 15) is 0 Å². The van der Waals surface area contributed by atoms with Crippen LogP contribution in [-0.2, 0) is 4.79 Å². The lowest BCUT2D eigenvalue weighted by atomic mass is 11.3. The first-order chi connectivity index (χ1) is 3.15. The van der Waals surface area contributed by atoms with E-state index < -0.39 is 0 Å². The average molecular weight is 122 g/mol. The molecule has 0 aromatic carbocycles. The summed E-state index contributed by atoms with van der Waals surface area (Å²) in [5.74, 6) is 0. The Bertz CT molecular complexity index is 60.7. The molecule has 0 saturated heterocycles. The normalized spacial score (nSPS) is 5.14. The molecule has 0 aliphatic rings. The third-order valence-corrected chi connectivity index (χ3v) is 0. The maximum Gasteiger partial charge on any atom is 0.290 e. The number of nitrogens with two attached hydrogens (primary N) is 2. The van der Waals surface area contributed by atoms with Gasteiger partial charge >= 0.3 is 0 Å². The molecule has 0 heterocycles. The fourth-order valence-electron chi connectivity index (χ4n) is 0. The third kappa shape index (κ3) is 73.0. The Morgan fingerprint density at radius 3 is 1.71 bits per heavy atom. The molecular weight excluding hydrogens is 116 g/mol. The topological polar surface area (TPSA) is 89.3 Å². The van der Waals surface area contributed by atoms with Crippen LogP contribution in [0.25, 0.3) is 0 Å². The van der Waals surface area contributed by atoms with E-state index in [0.29, 0.717) is 0 Å². The number of rotatable bonds is 0. The minimum absolute atomic E-state index is 0.000000000000000222. The van der Waals surface area contributed by atoms with Crippen molar-refractivity contribution in [3.63, 3.8) is 0 Å². The minimum Gasteiger partial charge on any atom is -0.483 e. The van der Waals surface area contributed by atoms with Crippen LogP contribution in [0, 0.1) is 0 Å². The van der Waals surface area contributed by atoms with Gasteiger partial charge in [0.25, 0.3) is 6.47 Å². The van der Waals surface area contributed by atoms with Crippen LogP contribution < -0.4 is 11.5 Å². The fraction of sp³-hybridized carbons (Fsp3) is 0. The molecule has 0 bridgehead atoms. The number of hydrogen-bond acceptors (Lipinski definition) is 2. The van der Waals surface area contributed by atoms with E-state index in [4.69, 9.17) is 9.90 Å². The van der Waals surface area contributed by atoms with E-state index in [2.05, 4.69) is 23.7 Å². The standard InChI is InChI=1S/CH4N2S.CH2O2/c2-1(3)4;2-1-3/h(H4,2,3,4);1H,(H,2,3). The summed E-state index contributed by atoms with van der Waals surface area (Å²) in [4.78, 5) is 8.36. The van der Waals surface area contributed by atoms with E-state index in [1.54, 1.807) is 0 Å². The van der Waals surface area contributed by atoms with E-state index in [0.717, 1.165) is 0 Å². The lowest BCUT2D eigenvalue weighted by molar-refractivity contribution is -0.122. The first-order valence-electron chi connectivity index (χ1n) is 1.28. The minimum atomic E-state index is -0.250. The molecule has 42 valence electrons. The molecule has 5 heteroatoms. The molecule has 0 aliphatic heterocycles. The van der Waals surface area contributed by atoms with Gasteiger partial charge in [-0.3, -0.25) is 4.79 Å². The van der Waals surface area contributed by atoms with Crippen LogP contribution in [0.2, 0.25) is 0 Å². The molecule has 0 fully saturated rings. The highest BCUT2D eigenvalue weighted by Crippen LogP contribution is 1.32. The highest BCUT2D eigenvalue weighted by molar-refractivity contribution is 7.80. The van der Waals surface area contributed by atoms with Gasteiger partial charge in [-0.25, -0.2) is 0 Å². The van der Waals surface area contributed by atoms with Crippen molar-refractivity contribution in [2.45, 2.75) is 0 Å². The zero-order valence-electron chi connectivity index (χ0n) is 3.50. The molecule has 0 saturated carbocycles. The van der Waals surface area contributed by atoms with Gasteiger partial charge in [0.2, 0.25) is 0 Å². The summed E-state index contributed by atoms with van der Waals surface area (Å²) >= 11 is 4.09. The molecule has 0 atom stereocenters. The lowest BCUT2D eigenvalue weighted by Crippen LogP contribution is -2.18. The summed E-state index contributed by atoms with van der Waals surface area (Å²) in [6, 6.07) is 0. The van der Waals surface area contributed by atoms with Crippen molar-refractivity contribution >= 4 is 23.8 Å². The fourth-order valence-corrected chi connectivity index (χ4v) is 0. The van der Waals surface area contributed by atoms with Crippen molar-refractivity contribution in [3.05, 3.63) is 0 Å². The molecule has 5 N–H and O–H groups in total. The second kappa shape index (κ2) is 8.94. The van der Waals surface area contributed by atoms with Crippen LogP contribution in [0.4, 0.5) is 0 Å². The van der Waals surface area contributed by atoms with Gasteiger partial charge in [0.15, 0.2) is 5.11 Å². The lowest BCUT2D eigenvalue weighted by Gasteiger charge is -1.68. The van der Waals surface area contributed by atoms with Gasteiger partial charge in [-0.15, -0.1) is 0 Å². The monoisotopic (exact) mass is 122 g/mol. The summed E-state index contributed by atoms with van der Waals surface area (Å²) in [5, 5.41) is 6.89. The van der Waals surface area contributed by atoms with Gasteiger partial charge in [-0.05, 0) is 12.2 Å². The Hall–Kier alpha value is -0.840. The van der Waals surface area contributed by atoms with Crippen molar-refractivity contribution in [3.8, 4) is 0 Å². The van der Waals surface area contributed by atoms with Crippen molar-refractivity contribution in [1.29, 1.82) is 0 Å². The molecule has 0 radical (unpaired) electrons. The Kier molecular flexibility index (Phi) is 12.1. The third-order valence-electron chi connectivity index (χ3n) is 0. The number of carbonyl (C=O) groups is 1. The molecule has 0 aromatic heterocycles. The van der Waals surface area contributed by atoms with Gasteiger partial charge in [0.05, 0.1) is 0 Å². The van der Waals surface area contributed by atoms with Gasteiger partial charge in [-0.2, -0.15) is 0 Å². The Morgan fingerprint density at radius 1 is 1.71 bits per heavy atom. The zero-order valence-corrected chi connectivity index (χ0v) is 4.31. The smallest absolute Gasteiger partial charge is 0.290 e. The summed E-state index contributed by atoms with van der Waals surface area (Å²) in [5.41, 5.74) is 9.24. The molecule has 0 aromatic rings. The molecular formula is C2H6N2O2S. The van der Waals surface area contributed by atoms with Crippen LogP contribution in [0.3, 0.4) is 0 Å². The Balaban J connectivity index is 0. The molecule has 0 spiro atoms. The average Bonchev–Trinajstić information content (AvgIpc) is 1.33. The van der Waals surface area contributed by atoms with Crippen LogP contribution in [0.15, 0.2) is 0 Å². The summed E-state index contributed by atoms with van der Waals surface area (Å²) in [7, 11) is 0. The molecule has 0 amide bonds. The molecule has 0 unspecified atom stereocenters. The maximum absolute atomic E-state index is 8.36.